The first-order valence-corrected chi connectivity index (χ1v) is 6.06. The molecule has 0 spiro atoms. The summed E-state index contributed by atoms with van der Waals surface area (Å²) in [5.74, 6) is -2.51. The molecule has 1 saturated heterocycles. The third kappa shape index (κ3) is 8.72. The Bertz CT molecular complexity index is 270. The molecule has 6 heteroatoms. The van der Waals surface area contributed by atoms with Crippen LogP contribution in [0.4, 0.5) is 0 Å². The van der Waals surface area contributed by atoms with Crippen molar-refractivity contribution in [2.75, 3.05) is 26.2 Å². The van der Waals surface area contributed by atoms with E-state index >= 15 is 0 Å². The minimum Gasteiger partial charge on any atom is -0.478 e. The number of carbonyl (C=O) groups is 2. The van der Waals surface area contributed by atoms with Gasteiger partial charge in [-0.05, 0) is 13.3 Å². The van der Waals surface area contributed by atoms with Gasteiger partial charge in [0, 0.05) is 44.4 Å². The van der Waals surface area contributed by atoms with Crippen molar-refractivity contribution in [2.45, 2.75) is 26.3 Å². The minimum absolute atomic E-state index is 0.558. The lowest BCUT2D eigenvalue weighted by Gasteiger charge is -2.32. The summed E-state index contributed by atoms with van der Waals surface area (Å²) < 4.78 is 0. The minimum atomic E-state index is -1.26. The number of nitrogens with one attached hydrogen (secondary N) is 1. The van der Waals surface area contributed by atoms with Crippen molar-refractivity contribution in [3.63, 3.8) is 0 Å². The summed E-state index contributed by atoms with van der Waals surface area (Å²) in [5.41, 5.74) is 0. The Labute approximate surface area is 107 Å². The molecule has 0 amide bonds. The molecule has 1 heterocycles. The summed E-state index contributed by atoms with van der Waals surface area (Å²) in [6.07, 6.45) is 2.39. The monoisotopic (exact) mass is 258 g/mol. The molecule has 0 aliphatic carbocycles. The van der Waals surface area contributed by atoms with E-state index in [2.05, 4.69) is 24.1 Å². The number of hydrogen-bond acceptors (Lipinski definition) is 4. The van der Waals surface area contributed by atoms with Gasteiger partial charge >= 0.3 is 11.9 Å². The van der Waals surface area contributed by atoms with Crippen LogP contribution in [0.1, 0.15) is 20.3 Å². The fourth-order valence-corrected chi connectivity index (χ4v) is 1.52. The standard InChI is InChI=1S/C8H18N2.C4H4O4/c1-3-8(2)10-6-4-9-5-7-10;5-3(6)1-2-4(7)8/h8-9H,3-7H2,1-2H3;1-2H,(H,5,6)(H,7,8)/t8-;/m0./s1. The van der Waals surface area contributed by atoms with Crippen LogP contribution in [0.5, 0.6) is 0 Å². The number of piperazine rings is 1. The van der Waals surface area contributed by atoms with Crippen molar-refractivity contribution < 1.29 is 19.8 Å². The van der Waals surface area contributed by atoms with E-state index in [1.807, 2.05) is 0 Å². The van der Waals surface area contributed by atoms with Gasteiger partial charge in [0.1, 0.15) is 0 Å². The predicted molar refractivity (Wildman–Crippen MR) is 68.6 cm³/mol. The van der Waals surface area contributed by atoms with E-state index in [0.29, 0.717) is 12.2 Å². The van der Waals surface area contributed by atoms with Crippen molar-refractivity contribution in [1.82, 2.24) is 10.2 Å². The molecule has 1 aliphatic rings. The molecule has 0 aromatic carbocycles. The van der Waals surface area contributed by atoms with Crippen LogP contribution in [0, 0.1) is 0 Å². The van der Waals surface area contributed by atoms with E-state index in [-0.39, 0.29) is 0 Å². The zero-order valence-electron chi connectivity index (χ0n) is 10.9. The predicted octanol–water partition coefficient (Wildman–Crippen LogP) is 0.402. The number of rotatable bonds is 4. The maximum Gasteiger partial charge on any atom is 0.328 e. The third-order valence-corrected chi connectivity index (χ3v) is 2.73. The summed E-state index contributed by atoms with van der Waals surface area (Å²) in [7, 11) is 0. The number of hydrogen-bond donors (Lipinski definition) is 3. The average Bonchev–Trinajstić information content (AvgIpc) is 2.37. The SMILES string of the molecule is CC[C@H](C)N1CCNCC1.O=C(O)C=CC(=O)O. The van der Waals surface area contributed by atoms with E-state index in [9.17, 15) is 9.59 Å². The number of carboxylic acids is 2. The molecule has 104 valence electrons. The van der Waals surface area contributed by atoms with Crippen LogP contribution >= 0.6 is 0 Å². The lowest BCUT2D eigenvalue weighted by molar-refractivity contribution is -0.134. The molecular weight excluding hydrogens is 236 g/mol. The van der Waals surface area contributed by atoms with E-state index in [1.54, 1.807) is 0 Å². The molecular formula is C12H22N2O4. The van der Waals surface area contributed by atoms with E-state index in [4.69, 9.17) is 10.2 Å². The highest BCUT2D eigenvalue weighted by atomic mass is 16.4. The lowest BCUT2D eigenvalue weighted by Crippen LogP contribution is -2.47. The Morgan fingerprint density at radius 2 is 1.67 bits per heavy atom. The Morgan fingerprint density at radius 3 is 2.00 bits per heavy atom. The van der Waals surface area contributed by atoms with Gasteiger partial charge in [-0.3, -0.25) is 4.90 Å². The molecule has 0 aromatic rings. The van der Waals surface area contributed by atoms with Crippen LogP contribution in [0.3, 0.4) is 0 Å². The van der Waals surface area contributed by atoms with Gasteiger partial charge in [-0.1, -0.05) is 6.92 Å². The largest absolute Gasteiger partial charge is 0.478 e. The number of nitrogens with zero attached hydrogens (tertiary/aromatic N) is 1. The van der Waals surface area contributed by atoms with Gasteiger partial charge in [0.25, 0.3) is 0 Å². The van der Waals surface area contributed by atoms with Crippen molar-refractivity contribution in [2.24, 2.45) is 0 Å². The highest BCUT2D eigenvalue weighted by Gasteiger charge is 2.13. The quantitative estimate of drug-likeness (QED) is 0.632. The molecule has 0 aromatic heterocycles. The van der Waals surface area contributed by atoms with Crippen LogP contribution in [0.15, 0.2) is 12.2 Å². The molecule has 0 saturated carbocycles. The smallest absolute Gasteiger partial charge is 0.328 e. The van der Waals surface area contributed by atoms with Gasteiger partial charge in [-0.15, -0.1) is 0 Å². The highest BCUT2D eigenvalue weighted by Crippen LogP contribution is 2.03. The van der Waals surface area contributed by atoms with Gasteiger partial charge in [0.15, 0.2) is 0 Å². The lowest BCUT2D eigenvalue weighted by atomic mass is 10.2. The topological polar surface area (TPSA) is 89.9 Å². The molecule has 3 N–H and O–H groups in total. The first kappa shape index (κ1) is 16.6. The first-order valence-electron chi connectivity index (χ1n) is 6.06. The molecule has 6 nitrogen and oxygen atoms in total. The van der Waals surface area contributed by atoms with Gasteiger partial charge in [-0.2, -0.15) is 0 Å². The van der Waals surface area contributed by atoms with E-state index in [1.165, 1.54) is 32.6 Å². The fraction of sp³-hybridized carbons (Fsp3) is 0.667. The maximum absolute atomic E-state index is 9.55. The van der Waals surface area contributed by atoms with Crippen molar-refractivity contribution in [3.05, 3.63) is 12.2 Å². The van der Waals surface area contributed by atoms with Gasteiger partial charge in [0.2, 0.25) is 0 Å². The van der Waals surface area contributed by atoms with Crippen molar-refractivity contribution >= 4 is 11.9 Å². The first-order chi connectivity index (χ1) is 8.47. The Morgan fingerprint density at radius 1 is 1.22 bits per heavy atom. The number of carboxylic acid groups (broad SMARTS) is 2. The Balaban J connectivity index is 0.000000331. The zero-order chi connectivity index (χ0) is 14.0. The molecule has 1 aliphatic heterocycles. The molecule has 1 fully saturated rings. The number of aliphatic carboxylic acids is 2. The van der Waals surface area contributed by atoms with Crippen molar-refractivity contribution in [1.29, 1.82) is 0 Å². The van der Waals surface area contributed by atoms with Gasteiger partial charge in [0.05, 0.1) is 0 Å². The van der Waals surface area contributed by atoms with Crippen LogP contribution in [-0.4, -0.2) is 59.3 Å². The molecule has 18 heavy (non-hydrogen) atoms. The third-order valence-electron chi connectivity index (χ3n) is 2.73. The molecule has 1 rings (SSSR count). The molecule has 0 radical (unpaired) electrons. The Kier molecular flexibility index (Phi) is 8.86. The molecule has 0 unspecified atom stereocenters. The fourth-order valence-electron chi connectivity index (χ4n) is 1.52. The summed E-state index contributed by atoms with van der Waals surface area (Å²) in [6.45, 7) is 9.37. The van der Waals surface area contributed by atoms with Crippen LogP contribution in [-0.2, 0) is 9.59 Å². The average molecular weight is 258 g/mol. The summed E-state index contributed by atoms with van der Waals surface area (Å²) >= 11 is 0. The van der Waals surface area contributed by atoms with Gasteiger partial charge < -0.3 is 15.5 Å². The summed E-state index contributed by atoms with van der Waals surface area (Å²) in [4.78, 5) is 21.7. The summed E-state index contributed by atoms with van der Waals surface area (Å²) in [5, 5.41) is 19.0. The second-order valence-corrected chi connectivity index (χ2v) is 4.05. The van der Waals surface area contributed by atoms with Crippen LogP contribution < -0.4 is 5.32 Å². The maximum atomic E-state index is 9.55. The van der Waals surface area contributed by atoms with Gasteiger partial charge in [-0.25, -0.2) is 9.59 Å². The molecule has 1 atom stereocenters. The highest BCUT2D eigenvalue weighted by molar-refractivity contribution is 5.89. The second-order valence-electron chi connectivity index (χ2n) is 4.05. The summed E-state index contributed by atoms with van der Waals surface area (Å²) in [6, 6.07) is 0.780. The zero-order valence-corrected chi connectivity index (χ0v) is 10.9. The van der Waals surface area contributed by atoms with E-state index in [0.717, 1.165) is 6.04 Å². The Hall–Kier alpha value is -1.40. The van der Waals surface area contributed by atoms with Crippen LogP contribution in [0.25, 0.3) is 0 Å². The van der Waals surface area contributed by atoms with Crippen molar-refractivity contribution in [3.8, 4) is 0 Å². The second kappa shape index (κ2) is 9.61. The van der Waals surface area contributed by atoms with Crippen LogP contribution in [0.2, 0.25) is 0 Å². The molecule has 0 bridgehead atoms. The normalized spacial score (nSPS) is 17.9. The van der Waals surface area contributed by atoms with E-state index < -0.39 is 11.9 Å².